The number of methoxy groups -OCH3 is 1. The van der Waals surface area contributed by atoms with Crippen LogP contribution in [0.3, 0.4) is 0 Å². The van der Waals surface area contributed by atoms with Gasteiger partial charge in [0.2, 0.25) is 0 Å². The lowest BCUT2D eigenvalue weighted by Gasteiger charge is -2.32. The van der Waals surface area contributed by atoms with Crippen LogP contribution in [-0.4, -0.2) is 40.7 Å². The lowest BCUT2D eigenvalue weighted by molar-refractivity contribution is 0.191. The predicted molar refractivity (Wildman–Crippen MR) is 106 cm³/mol. The molecule has 0 radical (unpaired) electrons. The normalized spacial score (nSPS) is 17.1. The number of imidazole rings is 1. The number of ether oxygens (including phenoxy) is 1. The summed E-state index contributed by atoms with van der Waals surface area (Å²) in [4.78, 5) is 19.4. The number of nitrogens with zero attached hydrogens (tertiary/aromatic N) is 3. The number of fused-ring (bicyclic) bond motifs is 1. The van der Waals surface area contributed by atoms with E-state index in [1.165, 1.54) is 0 Å². The van der Waals surface area contributed by atoms with Gasteiger partial charge >= 0.3 is 6.03 Å². The molecule has 0 aliphatic carbocycles. The molecule has 1 N–H and O–H groups in total. The highest BCUT2D eigenvalue weighted by atomic mass is 16.5. The van der Waals surface area contributed by atoms with E-state index in [0.29, 0.717) is 6.54 Å². The molecule has 1 aliphatic rings. The van der Waals surface area contributed by atoms with E-state index in [1.54, 1.807) is 7.11 Å². The Labute approximate surface area is 158 Å². The smallest absolute Gasteiger partial charge is 0.321 e. The number of hydrogen-bond donors (Lipinski definition) is 1. The SMILES string of the molecule is COc1ccc(NC(=O)N2CCCC(c3nc4ccccc4n3C)C2)cc1. The van der Waals surface area contributed by atoms with Crippen molar-refractivity contribution in [3.05, 3.63) is 54.4 Å². The molecule has 2 aromatic carbocycles. The highest BCUT2D eigenvalue weighted by molar-refractivity contribution is 5.89. The van der Waals surface area contributed by atoms with Gasteiger partial charge in [-0.2, -0.15) is 0 Å². The molecule has 0 saturated carbocycles. The molecule has 1 aromatic heterocycles. The molecule has 1 saturated heterocycles. The third-order valence-corrected chi connectivity index (χ3v) is 5.24. The van der Waals surface area contributed by atoms with Gasteiger partial charge in [-0.25, -0.2) is 9.78 Å². The summed E-state index contributed by atoms with van der Waals surface area (Å²) >= 11 is 0. The van der Waals surface area contributed by atoms with Crippen LogP contribution in [0, 0.1) is 0 Å². The minimum atomic E-state index is -0.0661. The second kappa shape index (κ2) is 7.31. The first-order valence-electron chi connectivity index (χ1n) is 9.27. The topological polar surface area (TPSA) is 59.4 Å². The van der Waals surface area contributed by atoms with Crippen molar-refractivity contribution in [1.29, 1.82) is 0 Å². The van der Waals surface area contributed by atoms with Gasteiger partial charge in [0.05, 0.1) is 18.1 Å². The number of rotatable bonds is 3. The van der Waals surface area contributed by atoms with E-state index in [2.05, 4.69) is 23.0 Å². The summed E-state index contributed by atoms with van der Waals surface area (Å²) in [5.41, 5.74) is 2.91. The van der Waals surface area contributed by atoms with E-state index in [9.17, 15) is 4.79 Å². The van der Waals surface area contributed by atoms with Crippen LogP contribution in [0.5, 0.6) is 5.75 Å². The molecule has 0 bridgehead atoms. The zero-order valence-electron chi connectivity index (χ0n) is 15.7. The number of urea groups is 1. The Morgan fingerprint density at radius 1 is 1.19 bits per heavy atom. The Morgan fingerprint density at radius 3 is 2.70 bits per heavy atom. The summed E-state index contributed by atoms with van der Waals surface area (Å²) in [6, 6.07) is 15.5. The summed E-state index contributed by atoms with van der Waals surface area (Å²) in [6.45, 7) is 1.45. The van der Waals surface area contributed by atoms with Crippen LogP contribution < -0.4 is 10.1 Å². The fourth-order valence-corrected chi connectivity index (χ4v) is 3.78. The van der Waals surface area contributed by atoms with Gasteiger partial charge in [-0.1, -0.05) is 12.1 Å². The third kappa shape index (κ3) is 3.47. The van der Waals surface area contributed by atoms with Crippen molar-refractivity contribution in [1.82, 2.24) is 14.5 Å². The lowest BCUT2D eigenvalue weighted by atomic mass is 9.97. The molecule has 1 unspecified atom stereocenters. The van der Waals surface area contributed by atoms with Gasteiger partial charge in [-0.3, -0.25) is 0 Å². The molecule has 4 rings (SSSR count). The van der Waals surface area contributed by atoms with Crippen molar-refractivity contribution in [3.63, 3.8) is 0 Å². The van der Waals surface area contributed by atoms with Crippen LogP contribution in [-0.2, 0) is 7.05 Å². The maximum Gasteiger partial charge on any atom is 0.321 e. The van der Waals surface area contributed by atoms with Crippen molar-refractivity contribution in [3.8, 4) is 5.75 Å². The number of aromatic nitrogens is 2. The van der Waals surface area contributed by atoms with Crippen LogP contribution in [0.15, 0.2) is 48.5 Å². The first-order valence-corrected chi connectivity index (χ1v) is 9.27. The number of nitrogens with one attached hydrogen (secondary N) is 1. The molecule has 1 aliphatic heterocycles. The Kier molecular flexibility index (Phi) is 4.71. The number of likely N-dealkylation sites (tertiary alicyclic amines) is 1. The van der Waals surface area contributed by atoms with E-state index < -0.39 is 0 Å². The maximum atomic E-state index is 12.7. The number of carbonyl (C=O) groups excluding carboxylic acids is 1. The minimum Gasteiger partial charge on any atom is -0.497 e. The lowest BCUT2D eigenvalue weighted by Crippen LogP contribution is -2.42. The Hall–Kier alpha value is -3.02. The monoisotopic (exact) mass is 364 g/mol. The number of benzene rings is 2. The molecular weight excluding hydrogens is 340 g/mol. The number of para-hydroxylation sites is 2. The second-order valence-corrected chi connectivity index (χ2v) is 6.96. The summed E-state index contributed by atoms with van der Waals surface area (Å²) in [5, 5.41) is 2.98. The highest BCUT2D eigenvalue weighted by Gasteiger charge is 2.28. The molecule has 3 aromatic rings. The van der Waals surface area contributed by atoms with Gasteiger partial charge in [0, 0.05) is 31.7 Å². The standard InChI is InChI=1S/C21H24N4O2/c1-24-19-8-4-3-7-18(19)23-20(24)15-6-5-13-25(14-15)21(26)22-16-9-11-17(27-2)12-10-16/h3-4,7-12,15H,5-6,13-14H2,1-2H3,(H,22,26). The fourth-order valence-electron chi connectivity index (χ4n) is 3.78. The second-order valence-electron chi connectivity index (χ2n) is 6.96. The number of hydrogen-bond acceptors (Lipinski definition) is 3. The number of amides is 2. The number of aryl methyl sites for hydroxylation is 1. The summed E-state index contributed by atoms with van der Waals surface area (Å²) in [7, 11) is 3.68. The number of anilines is 1. The van der Waals surface area contributed by atoms with Gasteiger partial charge in [-0.15, -0.1) is 0 Å². The van der Waals surface area contributed by atoms with Gasteiger partial charge in [-0.05, 0) is 49.2 Å². The van der Waals surface area contributed by atoms with E-state index in [-0.39, 0.29) is 11.9 Å². The quantitative estimate of drug-likeness (QED) is 0.764. The van der Waals surface area contributed by atoms with Gasteiger partial charge in [0.15, 0.2) is 0 Å². The Balaban J connectivity index is 1.48. The molecule has 2 amide bonds. The van der Waals surface area contributed by atoms with Crippen molar-refractivity contribution in [2.45, 2.75) is 18.8 Å². The fraction of sp³-hybridized carbons (Fsp3) is 0.333. The molecule has 27 heavy (non-hydrogen) atoms. The highest BCUT2D eigenvalue weighted by Crippen LogP contribution is 2.29. The van der Waals surface area contributed by atoms with Crippen molar-refractivity contribution >= 4 is 22.8 Å². The third-order valence-electron chi connectivity index (χ3n) is 5.24. The zero-order valence-corrected chi connectivity index (χ0v) is 15.7. The van der Waals surface area contributed by atoms with Crippen LogP contribution in [0.1, 0.15) is 24.6 Å². The molecule has 6 nitrogen and oxygen atoms in total. The van der Waals surface area contributed by atoms with Gasteiger partial charge in [0.25, 0.3) is 0 Å². The molecule has 1 atom stereocenters. The van der Waals surface area contributed by atoms with Crippen molar-refractivity contribution in [2.24, 2.45) is 7.05 Å². The number of piperidine rings is 1. The molecule has 2 heterocycles. The molecule has 0 spiro atoms. The van der Waals surface area contributed by atoms with Gasteiger partial charge in [0.1, 0.15) is 11.6 Å². The summed E-state index contributed by atoms with van der Waals surface area (Å²) in [6.07, 6.45) is 2.02. The van der Waals surface area contributed by atoms with Crippen molar-refractivity contribution < 1.29 is 9.53 Å². The largest absolute Gasteiger partial charge is 0.497 e. The Morgan fingerprint density at radius 2 is 1.96 bits per heavy atom. The van der Waals surface area contributed by atoms with E-state index >= 15 is 0 Å². The van der Waals surface area contributed by atoms with E-state index in [1.807, 2.05) is 47.4 Å². The molecular formula is C21H24N4O2. The minimum absolute atomic E-state index is 0.0661. The number of carbonyl (C=O) groups is 1. The van der Waals surface area contributed by atoms with E-state index in [4.69, 9.17) is 9.72 Å². The van der Waals surface area contributed by atoms with Crippen LogP contribution in [0.2, 0.25) is 0 Å². The first kappa shape index (κ1) is 17.4. The zero-order chi connectivity index (χ0) is 18.8. The molecule has 6 heteroatoms. The van der Waals surface area contributed by atoms with Crippen LogP contribution in [0.4, 0.5) is 10.5 Å². The van der Waals surface area contributed by atoms with E-state index in [0.717, 1.165) is 47.7 Å². The maximum absolute atomic E-state index is 12.7. The molecule has 140 valence electrons. The average Bonchev–Trinajstić information content (AvgIpc) is 3.05. The van der Waals surface area contributed by atoms with Crippen molar-refractivity contribution in [2.75, 3.05) is 25.5 Å². The van der Waals surface area contributed by atoms with Crippen LogP contribution >= 0.6 is 0 Å². The van der Waals surface area contributed by atoms with Crippen LogP contribution in [0.25, 0.3) is 11.0 Å². The molecule has 1 fully saturated rings. The predicted octanol–water partition coefficient (Wildman–Crippen LogP) is 3.99. The van der Waals surface area contributed by atoms with Gasteiger partial charge < -0.3 is 19.5 Å². The average molecular weight is 364 g/mol. The first-order chi connectivity index (χ1) is 13.2. The summed E-state index contributed by atoms with van der Waals surface area (Å²) in [5.74, 6) is 2.07. The Bertz CT molecular complexity index is 948. The summed E-state index contributed by atoms with van der Waals surface area (Å²) < 4.78 is 7.31.